The van der Waals surface area contributed by atoms with Gasteiger partial charge in [-0.2, -0.15) is 0 Å². The summed E-state index contributed by atoms with van der Waals surface area (Å²) < 4.78 is 0. The fraction of sp³-hybridized carbons (Fsp3) is 0.839. The Morgan fingerprint density at radius 2 is 1.08 bits per heavy atom. The number of hydrogen-bond donors (Lipinski definition) is 3. The standard InChI is InChI=1S/C31H59N3O3/c1-4-7-10-11-12-13-14-15-16-17-18-19-20-21-22-23-30(36)34-28(31(37)33-27-9-6-3)24-25-29(35)32-26-8-5-2/h13-14,28H,4-12,15-27H2,1-3H3,(H,32,35)(H,33,37)(H,34,36)/b14-13+/t28-/m0/s1. The minimum atomic E-state index is -0.647. The van der Waals surface area contributed by atoms with Crippen LogP contribution in [0.15, 0.2) is 12.2 Å². The minimum absolute atomic E-state index is 0.0625. The summed E-state index contributed by atoms with van der Waals surface area (Å²) in [6.07, 6.45) is 25.4. The third kappa shape index (κ3) is 24.3. The van der Waals surface area contributed by atoms with Crippen LogP contribution in [-0.4, -0.2) is 36.9 Å². The van der Waals surface area contributed by atoms with Gasteiger partial charge in [-0.3, -0.25) is 14.4 Å². The van der Waals surface area contributed by atoms with Gasteiger partial charge in [0, 0.05) is 25.9 Å². The highest BCUT2D eigenvalue weighted by Gasteiger charge is 2.21. The Morgan fingerprint density at radius 3 is 1.68 bits per heavy atom. The van der Waals surface area contributed by atoms with Gasteiger partial charge in [0.25, 0.3) is 0 Å². The molecule has 0 fully saturated rings. The van der Waals surface area contributed by atoms with Crippen molar-refractivity contribution in [1.82, 2.24) is 16.0 Å². The molecule has 216 valence electrons. The zero-order chi connectivity index (χ0) is 27.4. The van der Waals surface area contributed by atoms with Crippen LogP contribution < -0.4 is 16.0 Å². The lowest BCUT2D eigenvalue weighted by molar-refractivity contribution is -0.129. The monoisotopic (exact) mass is 521 g/mol. The lowest BCUT2D eigenvalue weighted by Crippen LogP contribution is -2.47. The first kappa shape index (κ1) is 35.2. The second-order valence-corrected chi connectivity index (χ2v) is 10.3. The molecule has 3 N–H and O–H groups in total. The number of rotatable bonds is 26. The maximum absolute atomic E-state index is 12.6. The Balaban J connectivity index is 4.02. The number of carbonyl (C=O) groups excluding carboxylic acids is 3. The molecule has 0 saturated carbocycles. The van der Waals surface area contributed by atoms with E-state index < -0.39 is 6.04 Å². The predicted molar refractivity (Wildman–Crippen MR) is 156 cm³/mol. The Hall–Kier alpha value is -1.85. The number of nitrogens with one attached hydrogen (secondary N) is 3. The smallest absolute Gasteiger partial charge is 0.242 e. The van der Waals surface area contributed by atoms with E-state index in [1.54, 1.807) is 0 Å². The van der Waals surface area contributed by atoms with E-state index in [1.807, 2.05) is 0 Å². The van der Waals surface area contributed by atoms with Gasteiger partial charge < -0.3 is 16.0 Å². The SMILES string of the molecule is CCCCCC/C=C/CCCCCCCCCC(=O)N[C@@H](CCC(=O)NCCCC)C(=O)NCCCC. The summed E-state index contributed by atoms with van der Waals surface area (Å²) in [4.78, 5) is 37.1. The van der Waals surface area contributed by atoms with Crippen LogP contribution in [0.3, 0.4) is 0 Å². The summed E-state index contributed by atoms with van der Waals surface area (Å²) in [7, 11) is 0. The third-order valence-electron chi connectivity index (χ3n) is 6.66. The number of hydrogen-bond acceptors (Lipinski definition) is 3. The van der Waals surface area contributed by atoms with E-state index in [4.69, 9.17) is 0 Å². The van der Waals surface area contributed by atoms with Crippen molar-refractivity contribution < 1.29 is 14.4 Å². The molecule has 0 heterocycles. The molecule has 0 aliphatic heterocycles. The molecule has 6 heteroatoms. The van der Waals surface area contributed by atoms with E-state index in [2.05, 4.69) is 48.9 Å². The van der Waals surface area contributed by atoms with E-state index in [9.17, 15) is 14.4 Å². The van der Waals surface area contributed by atoms with Gasteiger partial charge >= 0.3 is 0 Å². The molecule has 0 bridgehead atoms. The highest BCUT2D eigenvalue weighted by Crippen LogP contribution is 2.11. The first-order valence-corrected chi connectivity index (χ1v) is 15.5. The molecule has 0 radical (unpaired) electrons. The normalized spacial score (nSPS) is 12.0. The molecular formula is C31H59N3O3. The average Bonchev–Trinajstić information content (AvgIpc) is 2.89. The Kier molecular flexibility index (Phi) is 25.8. The van der Waals surface area contributed by atoms with Gasteiger partial charge in [0.1, 0.15) is 6.04 Å². The number of amides is 3. The van der Waals surface area contributed by atoms with Crippen LogP contribution in [0.4, 0.5) is 0 Å². The lowest BCUT2D eigenvalue weighted by Gasteiger charge is -2.18. The lowest BCUT2D eigenvalue weighted by atomic mass is 10.1. The molecule has 0 aromatic rings. The highest BCUT2D eigenvalue weighted by molar-refractivity contribution is 5.88. The van der Waals surface area contributed by atoms with Crippen molar-refractivity contribution in [3.63, 3.8) is 0 Å². The molecule has 0 saturated heterocycles. The van der Waals surface area contributed by atoms with Crippen LogP contribution in [0.5, 0.6) is 0 Å². The average molecular weight is 522 g/mol. The van der Waals surface area contributed by atoms with Crippen molar-refractivity contribution in [2.75, 3.05) is 13.1 Å². The molecule has 37 heavy (non-hydrogen) atoms. The van der Waals surface area contributed by atoms with E-state index in [1.165, 1.54) is 64.2 Å². The zero-order valence-corrected chi connectivity index (χ0v) is 24.5. The molecule has 0 aromatic carbocycles. The molecule has 0 aliphatic carbocycles. The van der Waals surface area contributed by atoms with Crippen molar-refractivity contribution in [2.24, 2.45) is 0 Å². The van der Waals surface area contributed by atoms with Gasteiger partial charge in [-0.15, -0.1) is 0 Å². The van der Waals surface area contributed by atoms with Crippen molar-refractivity contribution in [3.05, 3.63) is 12.2 Å². The van der Waals surface area contributed by atoms with Crippen LogP contribution >= 0.6 is 0 Å². The van der Waals surface area contributed by atoms with E-state index in [0.29, 0.717) is 25.9 Å². The highest BCUT2D eigenvalue weighted by atomic mass is 16.2. The Morgan fingerprint density at radius 1 is 0.568 bits per heavy atom. The second-order valence-electron chi connectivity index (χ2n) is 10.3. The predicted octanol–water partition coefficient (Wildman–Crippen LogP) is 7.12. The first-order valence-electron chi connectivity index (χ1n) is 15.5. The first-order chi connectivity index (χ1) is 18.0. The molecular weight excluding hydrogens is 462 g/mol. The maximum atomic E-state index is 12.6. The van der Waals surface area contributed by atoms with Crippen LogP contribution in [0.2, 0.25) is 0 Å². The number of carbonyl (C=O) groups is 3. The summed E-state index contributed by atoms with van der Waals surface area (Å²) in [6, 6.07) is -0.647. The van der Waals surface area contributed by atoms with Crippen molar-refractivity contribution in [2.45, 2.75) is 155 Å². The van der Waals surface area contributed by atoms with Crippen LogP contribution in [-0.2, 0) is 14.4 Å². The summed E-state index contributed by atoms with van der Waals surface area (Å²) in [5, 5.41) is 8.66. The third-order valence-corrected chi connectivity index (χ3v) is 6.66. The van der Waals surface area contributed by atoms with E-state index in [0.717, 1.165) is 44.9 Å². The maximum Gasteiger partial charge on any atom is 0.242 e. The van der Waals surface area contributed by atoms with Crippen LogP contribution in [0.1, 0.15) is 149 Å². The van der Waals surface area contributed by atoms with E-state index in [-0.39, 0.29) is 24.1 Å². The summed E-state index contributed by atoms with van der Waals surface area (Å²) in [6.45, 7) is 7.65. The van der Waals surface area contributed by atoms with Crippen LogP contribution in [0, 0.1) is 0 Å². The van der Waals surface area contributed by atoms with Crippen molar-refractivity contribution >= 4 is 17.7 Å². The summed E-state index contributed by atoms with van der Waals surface area (Å²) in [5.74, 6) is -0.342. The number of unbranched alkanes of at least 4 members (excludes halogenated alkanes) is 13. The molecule has 3 amide bonds. The van der Waals surface area contributed by atoms with Crippen molar-refractivity contribution in [3.8, 4) is 0 Å². The second kappa shape index (κ2) is 27.2. The Labute approximate surface area is 228 Å². The van der Waals surface area contributed by atoms with Gasteiger partial charge in [0.05, 0.1) is 0 Å². The van der Waals surface area contributed by atoms with Gasteiger partial charge in [0.2, 0.25) is 17.7 Å². The van der Waals surface area contributed by atoms with Gasteiger partial charge in [-0.05, 0) is 51.4 Å². The molecule has 1 atom stereocenters. The molecule has 0 aliphatic rings. The largest absolute Gasteiger partial charge is 0.356 e. The van der Waals surface area contributed by atoms with Crippen LogP contribution in [0.25, 0.3) is 0 Å². The molecule has 0 unspecified atom stereocenters. The van der Waals surface area contributed by atoms with Gasteiger partial charge in [-0.25, -0.2) is 0 Å². The van der Waals surface area contributed by atoms with Gasteiger partial charge in [-0.1, -0.05) is 97.1 Å². The van der Waals surface area contributed by atoms with Gasteiger partial charge in [0.15, 0.2) is 0 Å². The van der Waals surface area contributed by atoms with E-state index >= 15 is 0 Å². The summed E-state index contributed by atoms with van der Waals surface area (Å²) >= 11 is 0. The zero-order valence-electron chi connectivity index (χ0n) is 24.5. The fourth-order valence-electron chi connectivity index (χ4n) is 4.17. The Bertz CT molecular complexity index is 592. The number of allylic oxidation sites excluding steroid dienone is 2. The topological polar surface area (TPSA) is 87.3 Å². The quantitative estimate of drug-likeness (QED) is 0.0836. The molecule has 0 aromatic heterocycles. The minimum Gasteiger partial charge on any atom is -0.356 e. The molecule has 0 rings (SSSR count). The fourth-order valence-corrected chi connectivity index (χ4v) is 4.17. The summed E-state index contributed by atoms with van der Waals surface area (Å²) in [5.41, 5.74) is 0. The van der Waals surface area contributed by atoms with Crippen molar-refractivity contribution in [1.29, 1.82) is 0 Å². The molecule has 0 spiro atoms. The molecule has 6 nitrogen and oxygen atoms in total.